The van der Waals surface area contributed by atoms with Crippen LogP contribution in [0.5, 0.6) is 0 Å². The van der Waals surface area contributed by atoms with Crippen molar-refractivity contribution in [1.29, 1.82) is 0 Å². The second-order valence-electron chi connectivity index (χ2n) is 7.23. The van der Waals surface area contributed by atoms with Crippen LogP contribution in [0, 0.1) is 0 Å². The zero-order chi connectivity index (χ0) is 20.9. The smallest absolute Gasteiger partial charge is 0.242 e. The summed E-state index contributed by atoms with van der Waals surface area (Å²) in [7, 11) is 0. The van der Waals surface area contributed by atoms with Crippen molar-refractivity contribution in [2.24, 2.45) is 0 Å². The monoisotopic (exact) mass is 418 g/mol. The predicted molar refractivity (Wildman–Crippen MR) is 120 cm³/mol. The minimum absolute atomic E-state index is 0.128. The van der Waals surface area contributed by atoms with Crippen LogP contribution in [0.3, 0.4) is 0 Å². The molecule has 0 saturated carbocycles. The highest BCUT2D eigenvalue weighted by atomic mass is 32.2. The van der Waals surface area contributed by atoms with Crippen LogP contribution < -0.4 is 5.32 Å². The van der Waals surface area contributed by atoms with E-state index in [-0.39, 0.29) is 29.9 Å². The molecule has 0 aliphatic carbocycles. The standard InChI is InChI=1S/C24H22N2O3S/c27-22(25-20-11-10-18-8-4-5-9-19(18)14-20)16-30-21-15-23(28)26(24(21)29)13-12-17-6-2-1-3-7-17/h1-11,14,21H,12-13,15-16H2,(H,25,27)/t21-/m1/s1. The van der Waals surface area contributed by atoms with Gasteiger partial charge in [0.25, 0.3) is 0 Å². The van der Waals surface area contributed by atoms with Gasteiger partial charge in [0, 0.05) is 18.7 Å². The zero-order valence-electron chi connectivity index (χ0n) is 16.4. The number of nitrogens with one attached hydrogen (secondary N) is 1. The number of fused-ring (bicyclic) bond motifs is 1. The van der Waals surface area contributed by atoms with Crippen LogP contribution in [0.25, 0.3) is 10.8 Å². The third-order valence-electron chi connectivity index (χ3n) is 5.12. The van der Waals surface area contributed by atoms with Crippen LogP contribution in [-0.4, -0.2) is 40.2 Å². The Kier molecular flexibility index (Phi) is 6.14. The molecule has 0 spiro atoms. The van der Waals surface area contributed by atoms with Crippen molar-refractivity contribution < 1.29 is 14.4 Å². The first-order valence-corrected chi connectivity index (χ1v) is 10.9. The lowest BCUT2D eigenvalue weighted by Gasteiger charge is -2.15. The number of hydrogen-bond acceptors (Lipinski definition) is 4. The van der Waals surface area contributed by atoms with E-state index in [4.69, 9.17) is 0 Å². The fraction of sp³-hybridized carbons (Fsp3) is 0.208. The van der Waals surface area contributed by atoms with Crippen molar-refractivity contribution in [3.63, 3.8) is 0 Å². The summed E-state index contributed by atoms with van der Waals surface area (Å²) in [6.45, 7) is 0.377. The van der Waals surface area contributed by atoms with Gasteiger partial charge in [-0.25, -0.2) is 0 Å². The minimum atomic E-state index is -0.490. The molecule has 5 nitrogen and oxygen atoms in total. The number of amides is 3. The minimum Gasteiger partial charge on any atom is -0.325 e. The molecule has 1 N–H and O–H groups in total. The van der Waals surface area contributed by atoms with Crippen LogP contribution >= 0.6 is 11.8 Å². The molecule has 0 bridgehead atoms. The van der Waals surface area contributed by atoms with E-state index in [9.17, 15) is 14.4 Å². The van der Waals surface area contributed by atoms with E-state index in [2.05, 4.69) is 5.32 Å². The van der Waals surface area contributed by atoms with Gasteiger partial charge in [0.15, 0.2) is 0 Å². The van der Waals surface area contributed by atoms with Gasteiger partial charge in [0.2, 0.25) is 17.7 Å². The maximum atomic E-state index is 12.6. The van der Waals surface area contributed by atoms with E-state index in [0.717, 1.165) is 22.0 Å². The number of nitrogens with zero attached hydrogens (tertiary/aromatic N) is 1. The Hall–Kier alpha value is -3.12. The third-order valence-corrected chi connectivity index (χ3v) is 6.32. The fourth-order valence-corrected chi connectivity index (χ4v) is 4.50. The van der Waals surface area contributed by atoms with Crippen molar-refractivity contribution in [2.75, 3.05) is 17.6 Å². The molecule has 3 aromatic carbocycles. The Morgan fingerprint density at radius 2 is 1.70 bits per heavy atom. The fourth-order valence-electron chi connectivity index (χ4n) is 3.54. The Balaban J connectivity index is 1.29. The average molecular weight is 419 g/mol. The van der Waals surface area contributed by atoms with Gasteiger partial charge in [-0.2, -0.15) is 0 Å². The molecule has 3 amide bonds. The lowest BCUT2D eigenvalue weighted by atomic mass is 10.1. The number of carbonyl (C=O) groups excluding carboxylic acids is 3. The molecule has 1 heterocycles. The molecule has 1 aliphatic heterocycles. The summed E-state index contributed by atoms with van der Waals surface area (Å²) in [5.41, 5.74) is 1.81. The molecule has 0 radical (unpaired) electrons. The van der Waals surface area contributed by atoms with Crippen LogP contribution in [0.4, 0.5) is 5.69 Å². The molecule has 1 fully saturated rings. The average Bonchev–Trinajstić information content (AvgIpc) is 3.04. The Morgan fingerprint density at radius 1 is 0.967 bits per heavy atom. The van der Waals surface area contributed by atoms with Gasteiger partial charge in [0.1, 0.15) is 0 Å². The highest BCUT2D eigenvalue weighted by molar-refractivity contribution is 8.01. The van der Waals surface area contributed by atoms with Crippen LogP contribution in [-0.2, 0) is 20.8 Å². The van der Waals surface area contributed by atoms with Crippen LogP contribution in [0.15, 0.2) is 72.8 Å². The van der Waals surface area contributed by atoms with E-state index in [1.54, 1.807) is 0 Å². The maximum absolute atomic E-state index is 12.6. The number of benzene rings is 3. The predicted octanol–water partition coefficient (Wildman–Crippen LogP) is 3.88. The molecule has 0 unspecified atom stereocenters. The molecule has 1 atom stereocenters. The number of hydrogen-bond donors (Lipinski definition) is 1. The second-order valence-corrected chi connectivity index (χ2v) is 8.42. The highest BCUT2D eigenvalue weighted by Gasteiger charge is 2.38. The maximum Gasteiger partial charge on any atom is 0.242 e. The summed E-state index contributed by atoms with van der Waals surface area (Å²) in [6, 6.07) is 23.5. The number of anilines is 1. The summed E-state index contributed by atoms with van der Waals surface area (Å²) in [4.78, 5) is 38.5. The third kappa shape index (κ3) is 4.71. The first-order chi connectivity index (χ1) is 14.6. The lowest BCUT2D eigenvalue weighted by Crippen LogP contribution is -2.33. The Labute approximate surface area is 179 Å². The number of carbonyl (C=O) groups is 3. The highest BCUT2D eigenvalue weighted by Crippen LogP contribution is 2.26. The first-order valence-electron chi connectivity index (χ1n) is 9.88. The van der Waals surface area contributed by atoms with E-state index in [1.807, 2.05) is 72.8 Å². The van der Waals surface area contributed by atoms with Gasteiger partial charge in [-0.3, -0.25) is 19.3 Å². The molecule has 1 aliphatic rings. The van der Waals surface area contributed by atoms with Crippen molar-refractivity contribution in [2.45, 2.75) is 18.1 Å². The second kappa shape index (κ2) is 9.13. The molecule has 6 heteroatoms. The molecular weight excluding hydrogens is 396 g/mol. The number of imide groups is 1. The van der Waals surface area contributed by atoms with Gasteiger partial charge >= 0.3 is 0 Å². The van der Waals surface area contributed by atoms with Crippen molar-refractivity contribution >= 4 is 45.9 Å². The summed E-state index contributed by atoms with van der Waals surface area (Å²) in [5, 5.41) is 4.54. The Bertz CT molecular complexity index is 1080. The first kappa shape index (κ1) is 20.2. The molecule has 30 heavy (non-hydrogen) atoms. The molecular formula is C24H22N2O3S. The van der Waals surface area contributed by atoms with Crippen molar-refractivity contribution in [3.8, 4) is 0 Å². The van der Waals surface area contributed by atoms with E-state index in [1.165, 1.54) is 16.7 Å². The van der Waals surface area contributed by atoms with Crippen molar-refractivity contribution in [3.05, 3.63) is 78.4 Å². The van der Waals surface area contributed by atoms with Gasteiger partial charge in [-0.15, -0.1) is 11.8 Å². The molecule has 1 saturated heterocycles. The normalized spacial score (nSPS) is 16.3. The van der Waals surface area contributed by atoms with E-state index < -0.39 is 5.25 Å². The quantitative estimate of drug-likeness (QED) is 0.592. The van der Waals surface area contributed by atoms with E-state index in [0.29, 0.717) is 13.0 Å². The molecule has 4 rings (SSSR count). The van der Waals surface area contributed by atoms with Crippen molar-refractivity contribution in [1.82, 2.24) is 4.90 Å². The van der Waals surface area contributed by atoms with Gasteiger partial charge in [-0.05, 0) is 34.9 Å². The SMILES string of the molecule is O=C(CS[C@@H]1CC(=O)N(CCc2ccccc2)C1=O)Nc1ccc2ccccc2c1. The van der Waals surface area contributed by atoms with Crippen LogP contribution in [0.1, 0.15) is 12.0 Å². The molecule has 0 aromatic heterocycles. The summed E-state index contributed by atoms with van der Waals surface area (Å²) < 4.78 is 0. The number of thioether (sulfide) groups is 1. The molecule has 3 aromatic rings. The topological polar surface area (TPSA) is 66.5 Å². The number of rotatable bonds is 7. The van der Waals surface area contributed by atoms with Gasteiger partial charge in [-0.1, -0.05) is 60.7 Å². The summed E-state index contributed by atoms with van der Waals surface area (Å²) >= 11 is 1.23. The lowest BCUT2D eigenvalue weighted by molar-refractivity contribution is -0.138. The van der Waals surface area contributed by atoms with Crippen LogP contribution in [0.2, 0.25) is 0 Å². The summed E-state index contributed by atoms with van der Waals surface area (Å²) in [5.74, 6) is -0.413. The van der Waals surface area contributed by atoms with E-state index >= 15 is 0 Å². The summed E-state index contributed by atoms with van der Waals surface area (Å²) in [6.07, 6.45) is 0.791. The zero-order valence-corrected chi connectivity index (χ0v) is 17.2. The largest absolute Gasteiger partial charge is 0.325 e. The Morgan fingerprint density at radius 3 is 2.50 bits per heavy atom. The van der Waals surface area contributed by atoms with Gasteiger partial charge in [0.05, 0.1) is 11.0 Å². The van der Waals surface area contributed by atoms with Gasteiger partial charge < -0.3 is 5.32 Å². The number of likely N-dealkylation sites (tertiary alicyclic amines) is 1. The molecule has 152 valence electrons.